The van der Waals surface area contributed by atoms with Gasteiger partial charge in [0.05, 0.1) is 38.5 Å². The molecule has 0 fully saturated rings. The highest BCUT2D eigenvalue weighted by Crippen LogP contribution is 2.18. The molecule has 0 saturated heterocycles. The maximum atomic E-state index is 13.9. The Morgan fingerprint density at radius 1 is 1.38 bits per heavy atom. The Labute approximate surface area is 120 Å². The third-order valence-electron chi connectivity index (χ3n) is 2.45. The number of nitrogens with one attached hydrogen (secondary N) is 1. The standard InChI is InChI=1S/C14H13FN2O4/c1-20-13(18)8-12(14(19)21-2)17-11-4-3-9(5-6-16)7-10(11)15/h3-4,7-8,17H,5H2,1-2H3/b12-8+. The molecule has 0 aromatic heterocycles. The van der Waals surface area contributed by atoms with Crippen LogP contribution < -0.4 is 5.32 Å². The summed E-state index contributed by atoms with van der Waals surface area (Å²) in [6, 6.07) is 5.95. The van der Waals surface area contributed by atoms with E-state index >= 15 is 0 Å². The lowest BCUT2D eigenvalue weighted by atomic mass is 10.1. The van der Waals surface area contributed by atoms with Crippen molar-refractivity contribution >= 4 is 17.6 Å². The van der Waals surface area contributed by atoms with Crippen LogP contribution in [0.4, 0.5) is 10.1 Å². The molecule has 6 nitrogen and oxygen atoms in total. The summed E-state index contributed by atoms with van der Waals surface area (Å²) in [5.74, 6) is -2.30. The summed E-state index contributed by atoms with van der Waals surface area (Å²) in [4.78, 5) is 22.7. The van der Waals surface area contributed by atoms with Gasteiger partial charge in [0.2, 0.25) is 0 Å². The number of anilines is 1. The van der Waals surface area contributed by atoms with E-state index in [4.69, 9.17) is 5.26 Å². The number of halogens is 1. The number of hydrogen-bond acceptors (Lipinski definition) is 6. The van der Waals surface area contributed by atoms with Crippen molar-refractivity contribution in [1.82, 2.24) is 0 Å². The lowest BCUT2D eigenvalue weighted by Crippen LogP contribution is -2.16. The van der Waals surface area contributed by atoms with Gasteiger partial charge in [-0.2, -0.15) is 5.26 Å². The first-order valence-electron chi connectivity index (χ1n) is 5.82. The van der Waals surface area contributed by atoms with Gasteiger partial charge in [0.25, 0.3) is 0 Å². The number of ether oxygens (including phenoxy) is 2. The van der Waals surface area contributed by atoms with Crippen LogP contribution in [0.1, 0.15) is 5.56 Å². The minimum Gasteiger partial charge on any atom is -0.466 e. The molecule has 0 heterocycles. The van der Waals surface area contributed by atoms with Gasteiger partial charge in [0, 0.05) is 0 Å². The van der Waals surface area contributed by atoms with Crippen LogP contribution in [-0.2, 0) is 25.5 Å². The largest absolute Gasteiger partial charge is 0.466 e. The van der Waals surface area contributed by atoms with E-state index in [-0.39, 0.29) is 17.8 Å². The minimum atomic E-state index is -0.846. The summed E-state index contributed by atoms with van der Waals surface area (Å²) in [7, 11) is 2.27. The molecule has 1 aromatic rings. The molecule has 21 heavy (non-hydrogen) atoms. The summed E-state index contributed by atoms with van der Waals surface area (Å²) >= 11 is 0. The van der Waals surface area contributed by atoms with Gasteiger partial charge in [0.1, 0.15) is 11.5 Å². The van der Waals surface area contributed by atoms with Gasteiger partial charge in [-0.3, -0.25) is 0 Å². The molecule has 1 aromatic carbocycles. The van der Waals surface area contributed by atoms with Crippen LogP contribution in [-0.4, -0.2) is 26.2 Å². The maximum Gasteiger partial charge on any atom is 0.354 e. The van der Waals surface area contributed by atoms with Gasteiger partial charge in [0.15, 0.2) is 0 Å². The average Bonchev–Trinajstić information content (AvgIpc) is 2.48. The molecule has 0 spiro atoms. The molecule has 0 radical (unpaired) electrons. The molecule has 0 aliphatic carbocycles. The van der Waals surface area contributed by atoms with Crippen molar-refractivity contribution in [3.05, 3.63) is 41.4 Å². The first-order valence-corrected chi connectivity index (χ1v) is 5.82. The summed E-state index contributed by atoms with van der Waals surface area (Å²) in [5, 5.41) is 11.0. The van der Waals surface area contributed by atoms with Crippen LogP contribution >= 0.6 is 0 Å². The number of nitrogens with zero attached hydrogens (tertiary/aromatic N) is 1. The van der Waals surface area contributed by atoms with Crippen molar-refractivity contribution in [2.75, 3.05) is 19.5 Å². The molecule has 110 valence electrons. The second-order valence-corrected chi connectivity index (χ2v) is 3.85. The number of methoxy groups -OCH3 is 2. The van der Waals surface area contributed by atoms with Crippen molar-refractivity contribution in [3.63, 3.8) is 0 Å². The SMILES string of the molecule is COC(=O)/C=C(/Nc1ccc(CC#N)cc1F)C(=O)OC. The molecule has 0 unspecified atom stereocenters. The third kappa shape index (κ3) is 4.62. The molecule has 0 aliphatic rings. The molecule has 0 amide bonds. The lowest BCUT2D eigenvalue weighted by Gasteiger charge is -2.10. The number of benzene rings is 1. The fourth-order valence-electron chi connectivity index (χ4n) is 1.44. The molecular formula is C14H13FN2O4. The smallest absolute Gasteiger partial charge is 0.354 e. The number of nitriles is 1. The van der Waals surface area contributed by atoms with Crippen LogP contribution in [0.2, 0.25) is 0 Å². The maximum absolute atomic E-state index is 13.9. The zero-order valence-electron chi connectivity index (χ0n) is 11.5. The van der Waals surface area contributed by atoms with Crippen LogP contribution in [0.25, 0.3) is 0 Å². The average molecular weight is 292 g/mol. The van der Waals surface area contributed by atoms with E-state index in [2.05, 4.69) is 14.8 Å². The fraction of sp³-hybridized carbons (Fsp3) is 0.214. The molecule has 1 rings (SSSR count). The highest BCUT2D eigenvalue weighted by Gasteiger charge is 2.14. The zero-order chi connectivity index (χ0) is 15.8. The fourth-order valence-corrected chi connectivity index (χ4v) is 1.44. The normalized spacial score (nSPS) is 10.5. The summed E-state index contributed by atoms with van der Waals surface area (Å²) in [6.07, 6.45) is 0.924. The Kier molecular flexibility index (Phi) is 5.89. The topological polar surface area (TPSA) is 88.4 Å². The molecule has 1 N–H and O–H groups in total. The van der Waals surface area contributed by atoms with Crippen LogP contribution in [0.3, 0.4) is 0 Å². The monoisotopic (exact) mass is 292 g/mol. The lowest BCUT2D eigenvalue weighted by molar-refractivity contribution is -0.138. The highest BCUT2D eigenvalue weighted by atomic mass is 19.1. The number of hydrogen-bond donors (Lipinski definition) is 1. The van der Waals surface area contributed by atoms with E-state index < -0.39 is 17.8 Å². The zero-order valence-corrected chi connectivity index (χ0v) is 11.5. The quantitative estimate of drug-likeness (QED) is 0.654. The van der Waals surface area contributed by atoms with E-state index in [1.807, 2.05) is 6.07 Å². The van der Waals surface area contributed by atoms with Crippen LogP contribution in [0, 0.1) is 17.1 Å². The Bertz CT molecular complexity index is 620. The molecule has 0 aliphatic heterocycles. The van der Waals surface area contributed by atoms with E-state index in [1.54, 1.807) is 0 Å². The van der Waals surface area contributed by atoms with Gasteiger partial charge in [-0.15, -0.1) is 0 Å². The summed E-state index contributed by atoms with van der Waals surface area (Å²) in [5.41, 5.74) is 0.200. The Hall–Kier alpha value is -2.88. The Morgan fingerprint density at radius 3 is 2.62 bits per heavy atom. The van der Waals surface area contributed by atoms with Gasteiger partial charge in [-0.25, -0.2) is 14.0 Å². The number of carbonyl (C=O) groups is 2. The number of esters is 2. The predicted molar refractivity (Wildman–Crippen MR) is 71.5 cm³/mol. The first-order chi connectivity index (χ1) is 10.0. The van der Waals surface area contributed by atoms with E-state index in [0.717, 1.165) is 20.3 Å². The third-order valence-corrected chi connectivity index (χ3v) is 2.45. The van der Waals surface area contributed by atoms with E-state index in [1.165, 1.54) is 18.2 Å². The number of carbonyl (C=O) groups excluding carboxylic acids is 2. The minimum absolute atomic E-state index is 0.0303. The summed E-state index contributed by atoms with van der Waals surface area (Å²) < 4.78 is 22.7. The van der Waals surface area contributed by atoms with Gasteiger partial charge < -0.3 is 14.8 Å². The van der Waals surface area contributed by atoms with Crippen LogP contribution in [0.5, 0.6) is 0 Å². The van der Waals surface area contributed by atoms with Gasteiger partial charge in [-0.1, -0.05) is 6.07 Å². The van der Waals surface area contributed by atoms with Gasteiger partial charge in [-0.05, 0) is 17.7 Å². The molecule has 7 heteroatoms. The van der Waals surface area contributed by atoms with Crippen molar-refractivity contribution in [2.24, 2.45) is 0 Å². The van der Waals surface area contributed by atoms with Gasteiger partial charge >= 0.3 is 11.9 Å². The predicted octanol–water partition coefficient (Wildman–Crippen LogP) is 1.53. The second kappa shape index (κ2) is 7.65. The number of rotatable bonds is 5. The highest BCUT2D eigenvalue weighted by molar-refractivity contribution is 5.98. The molecular weight excluding hydrogens is 279 g/mol. The first kappa shape index (κ1) is 16.2. The van der Waals surface area contributed by atoms with Crippen molar-refractivity contribution < 1.29 is 23.5 Å². The van der Waals surface area contributed by atoms with E-state index in [9.17, 15) is 14.0 Å². The Morgan fingerprint density at radius 2 is 2.10 bits per heavy atom. The molecule has 0 bridgehead atoms. The van der Waals surface area contributed by atoms with E-state index in [0.29, 0.717) is 5.56 Å². The molecule has 0 saturated carbocycles. The van der Waals surface area contributed by atoms with Crippen molar-refractivity contribution in [3.8, 4) is 6.07 Å². The summed E-state index contributed by atoms with van der Waals surface area (Å²) in [6.45, 7) is 0. The van der Waals surface area contributed by atoms with Crippen molar-refractivity contribution in [1.29, 1.82) is 5.26 Å². The second-order valence-electron chi connectivity index (χ2n) is 3.85. The Balaban J connectivity index is 3.04. The van der Waals surface area contributed by atoms with Crippen LogP contribution in [0.15, 0.2) is 30.0 Å². The molecule has 0 atom stereocenters. The van der Waals surface area contributed by atoms with Crippen molar-refractivity contribution in [2.45, 2.75) is 6.42 Å².